The van der Waals surface area contributed by atoms with E-state index in [2.05, 4.69) is 19.9 Å². The van der Waals surface area contributed by atoms with Gasteiger partial charge in [-0.05, 0) is 74.0 Å². The number of rotatable bonds is 14. The van der Waals surface area contributed by atoms with Gasteiger partial charge in [0.05, 0.1) is 25.4 Å². The Morgan fingerprint density at radius 3 is 2.21 bits per heavy atom. The summed E-state index contributed by atoms with van der Waals surface area (Å²) in [6.45, 7) is 4.85. The summed E-state index contributed by atoms with van der Waals surface area (Å²) in [5.41, 5.74) is 0.938. The van der Waals surface area contributed by atoms with Gasteiger partial charge in [-0.3, -0.25) is 4.79 Å². The molecule has 21 atom stereocenters. The fourth-order valence-corrected chi connectivity index (χ4v) is 10.9. The number of ether oxygens (including phenoxy) is 6. The molecule has 21 unspecified atom stereocenters. The smallest absolute Gasteiger partial charge is 0.189 e. The number of carbonyl (C=O) groups is 2. The lowest BCUT2D eigenvalue weighted by atomic mass is 9.47. The highest BCUT2D eigenvalue weighted by Crippen LogP contribution is 2.66. The molecule has 0 bridgehead atoms. The molecule has 0 aromatic heterocycles. The molecule has 5 fully saturated rings. The Morgan fingerprint density at radius 2 is 1.55 bits per heavy atom. The normalized spacial score (nSPS) is 47.5. The molecule has 0 aromatic carbocycles. The van der Waals surface area contributed by atoms with Gasteiger partial charge in [-0.2, -0.15) is 0 Å². The Balaban J connectivity index is 1.20. The summed E-state index contributed by atoms with van der Waals surface area (Å²) >= 11 is 0. The van der Waals surface area contributed by atoms with Gasteiger partial charge in [-0.15, -0.1) is 0 Å². The number of aldehydes is 1. The molecule has 17 nitrogen and oxygen atoms in total. The minimum atomic E-state index is -1.96. The van der Waals surface area contributed by atoms with Gasteiger partial charge in [-0.1, -0.05) is 25.5 Å². The summed E-state index contributed by atoms with van der Waals surface area (Å²) < 4.78 is 34.6. The third-order valence-electron chi connectivity index (χ3n) is 14.4. The van der Waals surface area contributed by atoms with Crippen LogP contribution in [0.25, 0.3) is 0 Å². The summed E-state index contributed by atoms with van der Waals surface area (Å²) in [6, 6.07) is 0. The summed E-state index contributed by atoms with van der Waals surface area (Å²) in [5.74, 6) is 0.891. The molecule has 0 amide bonds. The lowest BCUT2D eigenvalue weighted by Crippen LogP contribution is -2.62. The van der Waals surface area contributed by atoms with Crippen LogP contribution in [-0.4, -0.2) is 170 Å². The van der Waals surface area contributed by atoms with E-state index in [0.29, 0.717) is 31.1 Å². The molecule has 4 aliphatic carbocycles. The van der Waals surface area contributed by atoms with Crippen molar-refractivity contribution in [1.29, 1.82) is 0 Å². The molecule has 9 N–H and O–H groups in total. The van der Waals surface area contributed by atoms with E-state index in [1.165, 1.54) is 19.6 Å². The topological polar surface area (TPSA) is 272 Å². The van der Waals surface area contributed by atoms with Gasteiger partial charge < -0.3 is 79.2 Å². The van der Waals surface area contributed by atoms with Gasteiger partial charge in [0.25, 0.3) is 0 Å². The number of ketones is 1. The fraction of sp³-hybridized carbons (Fsp3) is 0.897. The second kappa shape index (κ2) is 17.6. The van der Waals surface area contributed by atoms with Crippen molar-refractivity contribution in [2.24, 2.45) is 34.5 Å². The molecule has 6 aliphatic rings. The number of Topliss-reactive ketones (excluding diaryl/α,β-unsaturated/α-hetero) is 1. The van der Waals surface area contributed by atoms with Crippen LogP contribution in [0.2, 0.25) is 0 Å². The average molecular weight is 803 g/mol. The Bertz CT molecular complexity index is 1390. The van der Waals surface area contributed by atoms with Crippen molar-refractivity contribution in [2.75, 3.05) is 20.3 Å². The highest BCUT2D eigenvalue weighted by atomic mass is 16.8. The van der Waals surface area contributed by atoms with Crippen molar-refractivity contribution in [1.82, 2.24) is 0 Å². The first kappa shape index (κ1) is 44.0. The summed E-state index contributed by atoms with van der Waals surface area (Å²) in [5, 5.41) is 94.8. The molecular weight excluding hydrogens is 740 g/mol. The van der Waals surface area contributed by atoms with Crippen molar-refractivity contribution in [3.05, 3.63) is 11.6 Å². The van der Waals surface area contributed by atoms with Crippen LogP contribution >= 0.6 is 0 Å². The van der Waals surface area contributed by atoms with E-state index in [1.54, 1.807) is 0 Å². The Morgan fingerprint density at radius 1 is 0.875 bits per heavy atom. The van der Waals surface area contributed by atoms with E-state index in [-0.39, 0.29) is 47.6 Å². The van der Waals surface area contributed by atoms with Crippen LogP contribution in [0.5, 0.6) is 0 Å². The van der Waals surface area contributed by atoms with Crippen LogP contribution in [0.4, 0.5) is 0 Å². The molecule has 320 valence electrons. The second-order valence-corrected chi connectivity index (χ2v) is 17.4. The number of aliphatic hydroxyl groups excluding tert-OH is 9. The van der Waals surface area contributed by atoms with Gasteiger partial charge in [-0.25, -0.2) is 0 Å². The first-order valence-corrected chi connectivity index (χ1v) is 20.0. The van der Waals surface area contributed by atoms with E-state index in [1.807, 2.05) is 0 Å². The lowest BCUT2D eigenvalue weighted by molar-refractivity contribution is -0.361. The molecule has 56 heavy (non-hydrogen) atoms. The summed E-state index contributed by atoms with van der Waals surface area (Å²) in [7, 11) is 1.24. The van der Waals surface area contributed by atoms with E-state index < -0.39 is 92.6 Å². The highest BCUT2D eigenvalue weighted by molar-refractivity contribution is 5.86. The van der Waals surface area contributed by atoms with E-state index in [9.17, 15) is 55.5 Å². The molecule has 6 rings (SSSR count). The number of aliphatic hydroxyl groups is 9. The third kappa shape index (κ3) is 8.05. The molecule has 0 spiro atoms. The van der Waals surface area contributed by atoms with Gasteiger partial charge in [0.1, 0.15) is 73.1 Å². The average Bonchev–Trinajstić information content (AvgIpc) is 3.44. The van der Waals surface area contributed by atoms with Gasteiger partial charge in [0.15, 0.2) is 18.9 Å². The first-order chi connectivity index (χ1) is 26.5. The number of allylic oxidation sites excluding steroid dienone is 1. The Hall–Kier alpha value is -1.52. The van der Waals surface area contributed by atoms with Crippen molar-refractivity contribution in [3.8, 4) is 0 Å². The fourth-order valence-electron chi connectivity index (χ4n) is 10.9. The van der Waals surface area contributed by atoms with Crippen molar-refractivity contribution in [3.63, 3.8) is 0 Å². The minimum absolute atomic E-state index is 0.125. The van der Waals surface area contributed by atoms with E-state index in [0.717, 1.165) is 32.0 Å². The zero-order chi connectivity index (χ0) is 40.9. The number of hydrogen-bond donors (Lipinski definition) is 9. The Kier molecular flexibility index (Phi) is 13.8. The monoisotopic (exact) mass is 802 g/mol. The molecular formula is C39H62O17. The standard InChI is InChI=1S/C39H62O17/c1-17-27(43)29(45)32(48)36(53-17)55-34(25(15-41)51-4)28(44)26(54-37-33(49)30(46)31(47)35(50)56-37)16-52-19-7-10-38(2)18(13-19)5-6-20-21(38)8-11-39(3)22(9-12-40)24(42)14-23(20)39/h5,12,17,19-23,25-37,41,43-50H,6-11,13-16H2,1-4H3. The van der Waals surface area contributed by atoms with Crippen LogP contribution in [-0.2, 0) is 38.0 Å². The first-order valence-electron chi connectivity index (χ1n) is 20.0. The van der Waals surface area contributed by atoms with E-state index in [4.69, 9.17) is 28.4 Å². The minimum Gasteiger partial charge on any atom is -0.394 e. The van der Waals surface area contributed by atoms with Gasteiger partial charge >= 0.3 is 0 Å². The van der Waals surface area contributed by atoms with Gasteiger partial charge in [0, 0.05) is 25.9 Å². The van der Waals surface area contributed by atoms with Crippen molar-refractivity contribution < 1.29 is 84.0 Å². The van der Waals surface area contributed by atoms with Crippen LogP contribution in [0.1, 0.15) is 72.1 Å². The highest BCUT2D eigenvalue weighted by Gasteiger charge is 2.61. The second-order valence-electron chi connectivity index (χ2n) is 17.4. The third-order valence-corrected chi connectivity index (χ3v) is 14.4. The van der Waals surface area contributed by atoms with Crippen LogP contribution in [0.15, 0.2) is 11.6 Å². The molecule has 2 saturated heterocycles. The SMILES string of the molecule is COC(CO)C(OC1OC(C)C(O)C(O)C1O)C(O)C(COC1CCC2(C)C(=CCC3C2CCC2(C)C(CC=O)C(=O)CC32)C1)OC1OC(O)C(O)C(O)C1O. The molecule has 17 heteroatoms. The molecule has 0 radical (unpaired) electrons. The maximum atomic E-state index is 13.1. The lowest BCUT2D eigenvalue weighted by Gasteiger charge is -2.58. The number of carbonyl (C=O) groups excluding carboxylic acids is 2. The quantitative estimate of drug-likeness (QED) is 0.0710. The number of fused-ring (bicyclic) bond motifs is 5. The van der Waals surface area contributed by atoms with E-state index >= 15 is 0 Å². The number of hydrogen-bond acceptors (Lipinski definition) is 17. The van der Waals surface area contributed by atoms with Crippen molar-refractivity contribution in [2.45, 2.75) is 164 Å². The summed E-state index contributed by atoms with van der Waals surface area (Å²) in [4.78, 5) is 24.6. The molecule has 0 aromatic rings. The predicted octanol–water partition coefficient (Wildman–Crippen LogP) is -1.56. The largest absolute Gasteiger partial charge is 0.394 e. The molecule has 2 aliphatic heterocycles. The van der Waals surface area contributed by atoms with Crippen LogP contribution in [0.3, 0.4) is 0 Å². The zero-order valence-electron chi connectivity index (χ0n) is 32.5. The maximum Gasteiger partial charge on any atom is 0.189 e. The van der Waals surface area contributed by atoms with Crippen molar-refractivity contribution >= 4 is 12.1 Å². The number of methoxy groups -OCH3 is 1. The predicted molar refractivity (Wildman–Crippen MR) is 191 cm³/mol. The maximum absolute atomic E-state index is 13.1. The van der Waals surface area contributed by atoms with Crippen LogP contribution < -0.4 is 0 Å². The zero-order valence-corrected chi connectivity index (χ0v) is 32.5. The van der Waals surface area contributed by atoms with Gasteiger partial charge in [0.2, 0.25) is 0 Å². The van der Waals surface area contributed by atoms with Crippen LogP contribution in [0, 0.1) is 34.5 Å². The summed E-state index contributed by atoms with van der Waals surface area (Å²) in [6.07, 6.45) is -14.7. The Labute approximate surface area is 326 Å². The molecule has 3 saturated carbocycles. The molecule has 2 heterocycles.